The zero-order valence-corrected chi connectivity index (χ0v) is 8.08. The second kappa shape index (κ2) is 4.07. The van der Waals surface area contributed by atoms with Crippen molar-refractivity contribution in [2.45, 2.75) is 33.2 Å². The molecule has 0 aromatic carbocycles. The van der Waals surface area contributed by atoms with Crippen molar-refractivity contribution in [3.8, 4) is 0 Å². The molecule has 0 unspecified atom stereocenters. The molecule has 13 heavy (non-hydrogen) atoms. The fourth-order valence-electron chi connectivity index (χ4n) is 1.37. The molecule has 0 saturated heterocycles. The summed E-state index contributed by atoms with van der Waals surface area (Å²) in [6, 6.07) is 0. The molecule has 0 spiro atoms. The van der Waals surface area contributed by atoms with Crippen molar-refractivity contribution >= 4 is 5.91 Å². The average Bonchev–Trinajstić information content (AvgIpc) is 2.48. The second-order valence-electron chi connectivity index (χ2n) is 2.94. The quantitative estimate of drug-likeness (QED) is 0.751. The second-order valence-corrected chi connectivity index (χ2v) is 2.94. The molecule has 1 aromatic rings. The number of hydrogen-bond donors (Lipinski definition) is 1. The zero-order chi connectivity index (χ0) is 9.84. The van der Waals surface area contributed by atoms with Gasteiger partial charge in [-0.1, -0.05) is 13.3 Å². The van der Waals surface area contributed by atoms with E-state index in [4.69, 9.17) is 5.73 Å². The van der Waals surface area contributed by atoms with E-state index in [9.17, 15) is 4.79 Å². The van der Waals surface area contributed by atoms with Crippen LogP contribution in [0.5, 0.6) is 0 Å². The third kappa shape index (κ3) is 1.88. The van der Waals surface area contributed by atoms with Crippen LogP contribution < -0.4 is 5.73 Å². The predicted octanol–water partition coefficient (Wildman–Crippen LogP) is 0.954. The minimum atomic E-state index is -0.386. The number of carbonyl (C=O) groups excluding carboxylic acids is 1. The Morgan fingerprint density at radius 1 is 1.62 bits per heavy atom. The molecule has 4 nitrogen and oxygen atoms in total. The monoisotopic (exact) mass is 181 g/mol. The van der Waals surface area contributed by atoms with Gasteiger partial charge in [-0.05, 0) is 13.3 Å². The SMILES string of the molecule is CCCc1ncn(CC)c1C(N)=O. The third-order valence-electron chi connectivity index (χ3n) is 1.97. The van der Waals surface area contributed by atoms with E-state index in [0.717, 1.165) is 25.1 Å². The maximum atomic E-state index is 11.1. The number of primary amides is 1. The van der Waals surface area contributed by atoms with Gasteiger partial charge in [-0.15, -0.1) is 0 Å². The van der Waals surface area contributed by atoms with Crippen LogP contribution >= 0.6 is 0 Å². The van der Waals surface area contributed by atoms with Gasteiger partial charge >= 0.3 is 0 Å². The van der Waals surface area contributed by atoms with Gasteiger partial charge in [0.05, 0.1) is 12.0 Å². The predicted molar refractivity (Wildman–Crippen MR) is 50.4 cm³/mol. The van der Waals surface area contributed by atoms with E-state index in [-0.39, 0.29) is 5.91 Å². The number of carbonyl (C=O) groups is 1. The van der Waals surface area contributed by atoms with E-state index in [1.165, 1.54) is 0 Å². The van der Waals surface area contributed by atoms with Gasteiger partial charge < -0.3 is 10.3 Å². The van der Waals surface area contributed by atoms with E-state index in [0.29, 0.717) is 5.69 Å². The normalized spacial score (nSPS) is 10.3. The molecule has 72 valence electrons. The summed E-state index contributed by atoms with van der Waals surface area (Å²) in [5, 5.41) is 0. The van der Waals surface area contributed by atoms with Gasteiger partial charge in [0.1, 0.15) is 5.69 Å². The average molecular weight is 181 g/mol. The summed E-state index contributed by atoms with van der Waals surface area (Å²) in [6.45, 7) is 4.74. The van der Waals surface area contributed by atoms with E-state index in [1.807, 2.05) is 6.92 Å². The van der Waals surface area contributed by atoms with E-state index in [1.54, 1.807) is 10.9 Å². The van der Waals surface area contributed by atoms with Crippen LogP contribution in [-0.4, -0.2) is 15.5 Å². The Morgan fingerprint density at radius 2 is 2.31 bits per heavy atom. The van der Waals surface area contributed by atoms with Gasteiger partial charge in [-0.25, -0.2) is 4.98 Å². The smallest absolute Gasteiger partial charge is 0.267 e. The van der Waals surface area contributed by atoms with Crippen molar-refractivity contribution in [2.24, 2.45) is 5.73 Å². The molecule has 4 heteroatoms. The molecule has 0 aliphatic carbocycles. The highest BCUT2D eigenvalue weighted by Gasteiger charge is 2.13. The number of nitrogens with zero attached hydrogens (tertiary/aromatic N) is 2. The highest BCUT2D eigenvalue weighted by atomic mass is 16.1. The maximum Gasteiger partial charge on any atom is 0.267 e. The van der Waals surface area contributed by atoms with Crippen LogP contribution in [0.3, 0.4) is 0 Å². The van der Waals surface area contributed by atoms with Gasteiger partial charge in [0.25, 0.3) is 5.91 Å². The Balaban J connectivity index is 3.06. The molecule has 1 heterocycles. The number of amides is 1. The highest BCUT2D eigenvalue weighted by molar-refractivity contribution is 5.92. The van der Waals surface area contributed by atoms with Crippen LogP contribution in [0.15, 0.2) is 6.33 Å². The van der Waals surface area contributed by atoms with Crippen molar-refractivity contribution in [3.05, 3.63) is 17.7 Å². The lowest BCUT2D eigenvalue weighted by Gasteiger charge is -2.02. The zero-order valence-electron chi connectivity index (χ0n) is 8.08. The summed E-state index contributed by atoms with van der Waals surface area (Å²) >= 11 is 0. The largest absolute Gasteiger partial charge is 0.364 e. The van der Waals surface area contributed by atoms with Crippen LogP contribution in [0.2, 0.25) is 0 Å². The van der Waals surface area contributed by atoms with Gasteiger partial charge in [-0.2, -0.15) is 0 Å². The van der Waals surface area contributed by atoms with Crippen molar-refractivity contribution in [3.63, 3.8) is 0 Å². The molecule has 1 amide bonds. The van der Waals surface area contributed by atoms with Gasteiger partial charge in [0.2, 0.25) is 0 Å². The van der Waals surface area contributed by atoms with Crippen molar-refractivity contribution in [1.82, 2.24) is 9.55 Å². The molecular formula is C9H15N3O. The molecule has 0 fully saturated rings. The first-order valence-electron chi connectivity index (χ1n) is 4.54. The first-order chi connectivity index (χ1) is 6.20. The Hall–Kier alpha value is -1.32. The molecule has 0 aliphatic heterocycles. The number of imidazole rings is 1. The summed E-state index contributed by atoms with van der Waals surface area (Å²) < 4.78 is 1.79. The summed E-state index contributed by atoms with van der Waals surface area (Å²) in [7, 11) is 0. The van der Waals surface area contributed by atoms with Gasteiger partial charge in [0.15, 0.2) is 0 Å². The molecule has 0 atom stereocenters. The lowest BCUT2D eigenvalue weighted by atomic mass is 10.2. The van der Waals surface area contributed by atoms with Crippen LogP contribution in [0, 0.1) is 0 Å². The molecule has 0 radical (unpaired) electrons. The minimum Gasteiger partial charge on any atom is -0.364 e. The third-order valence-corrected chi connectivity index (χ3v) is 1.97. The van der Waals surface area contributed by atoms with Crippen LogP contribution in [0.4, 0.5) is 0 Å². The molecule has 1 aromatic heterocycles. The Kier molecular flexibility index (Phi) is 3.06. The topological polar surface area (TPSA) is 60.9 Å². The maximum absolute atomic E-state index is 11.1. The van der Waals surface area contributed by atoms with Crippen molar-refractivity contribution in [1.29, 1.82) is 0 Å². The molecule has 0 saturated carbocycles. The standard InChI is InChI=1S/C9H15N3O/c1-3-5-7-8(9(10)13)12(4-2)6-11-7/h6H,3-5H2,1-2H3,(H2,10,13). The highest BCUT2D eigenvalue weighted by Crippen LogP contribution is 2.09. The van der Waals surface area contributed by atoms with Crippen molar-refractivity contribution < 1.29 is 4.79 Å². The van der Waals surface area contributed by atoms with Gasteiger partial charge in [-0.3, -0.25) is 4.79 Å². The van der Waals surface area contributed by atoms with Crippen molar-refractivity contribution in [2.75, 3.05) is 0 Å². The number of rotatable bonds is 4. The molecular weight excluding hydrogens is 166 g/mol. The van der Waals surface area contributed by atoms with Crippen LogP contribution in [-0.2, 0) is 13.0 Å². The lowest BCUT2D eigenvalue weighted by molar-refractivity contribution is 0.0990. The van der Waals surface area contributed by atoms with Crippen LogP contribution in [0.1, 0.15) is 36.5 Å². The fraction of sp³-hybridized carbons (Fsp3) is 0.556. The number of aryl methyl sites for hydroxylation is 2. The molecule has 1 rings (SSSR count). The minimum absolute atomic E-state index is 0.386. The first kappa shape index (κ1) is 9.77. The first-order valence-corrected chi connectivity index (χ1v) is 4.54. The number of aromatic nitrogens is 2. The summed E-state index contributed by atoms with van der Waals surface area (Å²) in [5.41, 5.74) is 6.64. The van der Waals surface area contributed by atoms with E-state index >= 15 is 0 Å². The Bertz CT molecular complexity index is 304. The van der Waals surface area contributed by atoms with E-state index in [2.05, 4.69) is 11.9 Å². The van der Waals surface area contributed by atoms with E-state index < -0.39 is 0 Å². The molecule has 0 aliphatic rings. The summed E-state index contributed by atoms with van der Waals surface area (Å²) in [4.78, 5) is 15.3. The fourth-order valence-corrected chi connectivity index (χ4v) is 1.37. The summed E-state index contributed by atoms with van der Waals surface area (Å²) in [5.74, 6) is -0.386. The molecule has 2 N–H and O–H groups in total. The van der Waals surface area contributed by atoms with Gasteiger partial charge in [0, 0.05) is 6.54 Å². The number of nitrogens with two attached hydrogens (primary N) is 1. The lowest BCUT2D eigenvalue weighted by Crippen LogP contribution is -2.18. The number of hydrogen-bond acceptors (Lipinski definition) is 2. The molecule has 0 bridgehead atoms. The Labute approximate surface area is 77.8 Å². The van der Waals surface area contributed by atoms with Crippen LogP contribution in [0.25, 0.3) is 0 Å². The summed E-state index contributed by atoms with van der Waals surface area (Å²) in [6.07, 6.45) is 3.46. The Morgan fingerprint density at radius 3 is 2.77 bits per heavy atom.